The molecule has 2 aromatic rings. The van der Waals surface area contributed by atoms with Gasteiger partial charge in [0.05, 0.1) is 31.0 Å². The van der Waals surface area contributed by atoms with Gasteiger partial charge in [0, 0.05) is 16.6 Å². The third kappa shape index (κ3) is 5.18. The highest BCUT2D eigenvalue weighted by atomic mass is 79.9. The van der Waals surface area contributed by atoms with Crippen LogP contribution in [0.25, 0.3) is 11.3 Å². The van der Waals surface area contributed by atoms with Gasteiger partial charge in [0.15, 0.2) is 0 Å². The minimum absolute atomic E-state index is 0.0774. The number of halogens is 1. The van der Waals surface area contributed by atoms with Crippen LogP contribution in [0.4, 0.5) is 4.79 Å². The van der Waals surface area contributed by atoms with Crippen LogP contribution < -0.4 is 0 Å². The van der Waals surface area contributed by atoms with E-state index in [1.807, 2.05) is 45.0 Å². The molecule has 1 N–H and O–H groups in total. The average molecular weight is 464 g/mol. The molecule has 1 aromatic carbocycles. The zero-order valence-electron chi connectivity index (χ0n) is 17.1. The Labute approximate surface area is 178 Å². The van der Waals surface area contributed by atoms with Crippen molar-refractivity contribution in [1.82, 2.24) is 14.9 Å². The van der Waals surface area contributed by atoms with E-state index in [9.17, 15) is 9.59 Å². The number of hydrogen-bond donors (Lipinski definition) is 1. The van der Waals surface area contributed by atoms with Crippen molar-refractivity contribution in [3.63, 3.8) is 0 Å². The van der Waals surface area contributed by atoms with Crippen LogP contribution in [0.5, 0.6) is 0 Å². The summed E-state index contributed by atoms with van der Waals surface area (Å²) < 4.78 is 11.3. The first-order valence-corrected chi connectivity index (χ1v) is 10.4. The van der Waals surface area contributed by atoms with Crippen LogP contribution in [0.15, 0.2) is 28.7 Å². The molecule has 1 saturated heterocycles. The van der Waals surface area contributed by atoms with Gasteiger partial charge in [-0.3, -0.25) is 9.69 Å². The van der Waals surface area contributed by atoms with Crippen LogP contribution in [0.3, 0.4) is 0 Å². The van der Waals surface area contributed by atoms with Crippen molar-refractivity contribution in [1.29, 1.82) is 0 Å². The summed E-state index contributed by atoms with van der Waals surface area (Å²) in [6, 6.07) is 7.50. The molecule has 156 valence electrons. The normalized spacial score (nSPS) is 16.7. The molecule has 1 atom stereocenters. The lowest BCUT2D eigenvalue weighted by molar-refractivity contribution is -0.139. The molecule has 7 nitrogen and oxygen atoms in total. The summed E-state index contributed by atoms with van der Waals surface area (Å²) in [6.45, 7) is 6.16. The molecule has 0 unspecified atom stereocenters. The van der Waals surface area contributed by atoms with Crippen LogP contribution >= 0.6 is 15.9 Å². The van der Waals surface area contributed by atoms with Gasteiger partial charge in [-0.2, -0.15) is 0 Å². The lowest BCUT2D eigenvalue weighted by atomic mass is 10.1. The monoisotopic (exact) mass is 463 g/mol. The summed E-state index contributed by atoms with van der Waals surface area (Å²) >= 11 is 3.43. The van der Waals surface area contributed by atoms with E-state index >= 15 is 0 Å². The summed E-state index contributed by atoms with van der Waals surface area (Å²) in [4.78, 5) is 34.3. The van der Waals surface area contributed by atoms with Crippen LogP contribution in [0, 0.1) is 0 Å². The zero-order valence-corrected chi connectivity index (χ0v) is 18.7. The van der Waals surface area contributed by atoms with Crippen molar-refractivity contribution in [2.24, 2.45) is 0 Å². The first-order chi connectivity index (χ1) is 13.7. The summed E-state index contributed by atoms with van der Waals surface area (Å²) in [5, 5.41) is 0. The first-order valence-electron chi connectivity index (χ1n) is 9.59. The minimum Gasteiger partial charge on any atom is -0.469 e. The number of benzene rings is 1. The van der Waals surface area contributed by atoms with Crippen molar-refractivity contribution >= 4 is 28.0 Å². The van der Waals surface area contributed by atoms with Crippen LogP contribution in [0.2, 0.25) is 0 Å². The number of esters is 1. The van der Waals surface area contributed by atoms with E-state index in [4.69, 9.17) is 14.5 Å². The number of carbonyl (C=O) groups excluding carboxylic acids is 2. The van der Waals surface area contributed by atoms with E-state index < -0.39 is 5.60 Å². The van der Waals surface area contributed by atoms with Gasteiger partial charge in [-0.25, -0.2) is 9.78 Å². The van der Waals surface area contributed by atoms with Crippen LogP contribution in [-0.2, 0) is 20.7 Å². The van der Waals surface area contributed by atoms with E-state index in [2.05, 4.69) is 20.9 Å². The Balaban J connectivity index is 1.94. The van der Waals surface area contributed by atoms with Crippen molar-refractivity contribution in [2.75, 3.05) is 13.7 Å². The highest BCUT2D eigenvalue weighted by Crippen LogP contribution is 2.34. The molecule has 1 amide bonds. The molecule has 8 heteroatoms. The second-order valence-corrected chi connectivity index (χ2v) is 8.96. The largest absolute Gasteiger partial charge is 0.469 e. The highest BCUT2D eigenvalue weighted by Gasteiger charge is 2.35. The number of aromatic nitrogens is 2. The fourth-order valence-electron chi connectivity index (χ4n) is 3.37. The SMILES string of the molecule is COC(=O)Cc1[nH]c([C@@H]2CCCN2C(=O)OC(C)(C)C)nc1-c1ccc(Br)cc1. The van der Waals surface area contributed by atoms with Gasteiger partial charge in [0.1, 0.15) is 11.4 Å². The maximum atomic E-state index is 12.7. The van der Waals surface area contributed by atoms with Crippen LogP contribution in [0.1, 0.15) is 51.2 Å². The van der Waals surface area contributed by atoms with E-state index in [0.717, 1.165) is 22.9 Å². The first kappa shape index (κ1) is 21.4. The number of imidazole rings is 1. The maximum absolute atomic E-state index is 12.7. The predicted octanol–water partition coefficient (Wildman–Crippen LogP) is 4.63. The number of likely N-dealkylation sites (tertiary alicyclic amines) is 1. The number of nitrogens with one attached hydrogen (secondary N) is 1. The Kier molecular flexibility index (Phi) is 6.31. The number of nitrogens with zero attached hydrogens (tertiary/aromatic N) is 2. The number of amides is 1. The van der Waals surface area contributed by atoms with Crippen molar-refractivity contribution in [3.05, 3.63) is 40.3 Å². The molecule has 0 spiro atoms. The zero-order chi connectivity index (χ0) is 21.2. The Bertz CT molecular complexity index is 886. The molecular weight excluding hydrogens is 438 g/mol. The fraction of sp³-hybridized carbons (Fsp3) is 0.476. The third-order valence-electron chi connectivity index (χ3n) is 4.66. The minimum atomic E-state index is -0.563. The second-order valence-electron chi connectivity index (χ2n) is 8.04. The van der Waals surface area contributed by atoms with Gasteiger partial charge in [-0.1, -0.05) is 28.1 Å². The molecule has 3 rings (SSSR count). The predicted molar refractivity (Wildman–Crippen MR) is 112 cm³/mol. The van der Waals surface area contributed by atoms with Gasteiger partial charge >= 0.3 is 12.1 Å². The lowest BCUT2D eigenvalue weighted by Gasteiger charge is -2.27. The van der Waals surface area contributed by atoms with Crippen molar-refractivity contribution < 1.29 is 19.1 Å². The van der Waals surface area contributed by atoms with Crippen LogP contribution in [-0.4, -0.2) is 46.2 Å². The van der Waals surface area contributed by atoms with E-state index in [1.54, 1.807) is 4.90 Å². The van der Waals surface area contributed by atoms with E-state index in [1.165, 1.54) is 7.11 Å². The summed E-state index contributed by atoms with van der Waals surface area (Å²) in [5.74, 6) is 0.305. The third-order valence-corrected chi connectivity index (χ3v) is 5.19. The lowest BCUT2D eigenvalue weighted by Crippen LogP contribution is -2.36. The maximum Gasteiger partial charge on any atom is 0.410 e. The fourth-order valence-corrected chi connectivity index (χ4v) is 3.63. The Morgan fingerprint density at radius 1 is 1.28 bits per heavy atom. The molecule has 1 aliphatic rings. The molecule has 0 bridgehead atoms. The topological polar surface area (TPSA) is 84.5 Å². The number of hydrogen-bond acceptors (Lipinski definition) is 5. The quantitative estimate of drug-likeness (QED) is 0.668. The molecule has 0 saturated carbocycles. The molecule has 1 aliphatic heterocycles. The van der Waals surface area contributed by atoms with E-state index in [-0.39, 0.29) is 24.5 Å². The average Bonchev–Trinajstić information content (AvgIpc) is 3.28. The number of ether oxygens (including phenoxy) is 2. The molecule has 0 aliphatic carbocycles. The number of H-pyrrole nitrogens is 1. The summed E-state index contributed by atoms with van der Waals surface area (Å²) in [5.41, 5.74) is 1.68. The van der Waals surface area contributed by atoms with Gasteiger partial charge in [0.2, 0.25) is 0 Å². The standard InChI is InChI=1S/C21H26BrN3O4/c1-21(2,3)29-20(27)25-11-5-6-16(25)19-23-15(12-17(26)28-4)18(24-19)13-7-9-14(22)10-8-13/h7-10,16H,5-6,11-12H2,1-4H3,(H,23,24)/t16-/m0/s1. The Morgan fingerprint density at radius 3 is 2.59 bits per heavy atom. The van der Waals surface area contributed by atoms with Gasteiger partial charge in [-0.05, 0) is 45.7 Å². The highest BCUT2D eigenvalue weighted by molar-refractivity contribution is 9.10. The number of carbonyl (C=O) groups is 2. The molecule has 29 heavy (non-hydrogen) atoms. The van der Waals surface area contributed by atoms with Gasteiger partial charge < -0.3 is 14.5 Å². The molecule has 1 aromatic heterocycles. The second kappa shape index (κ2) is 8.57. The number of aromatic amines is 1. The molecule has 0 radical (unpaired) electrons. The van der Waals surface area contributed by atoms with E-state index in [0.29, 0.717) is 23.8 Å². The summed E-state index contributed by atoms with van der Waals surface area (Å²) in [7, 11) is 1.36. The molecule has 1 fully saturated rings. The van der Waals surface area contributed by atoms with Crippen molar-refractivity contribution in [3.8, 4) is 11.3 Å². The number of rotatable bonds is 4. The Hall–Kier alpha value is -2.35. The molecule has 2 heterocycles. The van der Waals surface area contributed by atoms with Gasteiger partial charge in [0.25, 0.3) is 0 Å². The van der Waals surface area contributed by atoms with Crippen molar-refractivity contribution in [2.45, 2.75) is 51.7 Å². The molecular formula is C21H26BrN3O4. The summed E-state index contributed by atoms with van der Waals surface area (Å²) in [6.07, 6.45) is 1.37. The number of methoxy groups -OCH3 is 1. The van der Waals surface area contributed by atoms with Gasteiger partial charge in [-0.15, -0.1) is 0 Å². The smallest absolute Gasteiger partial charge is 0.410 e. The Morgan fingerprint density at radius 2 is 1.97 bits per heavy atom.